The lowest BCUT2D eigenvalue weighted by atomic mass is 9.99. The molecule has 1 aromatic heterocycles. The highest BCUT2D eigenvalue weighted by molar-refractivity contribution is 6.00. The first-order valence-corrected chi connectivity index (χ1v) is 9.75. The van der Waals surface area contributed by atoms with Gasteiger partial charge >= 0.3 is 11.9 Å². The minimum atomic E-state index is -0.578. The van der Waals surface area contributed by atoms with Crippen LogP contribution < -0.4 is 5.32 Å². The van der Waals surface area contributed by atoms with E-state index in [0.717, 1.165) is 11.3 Å². The van der Waals surface area contributed by atoms with E-state index < -0.39 is 11.9 Å². The van der Waals surface area contributed by atoms with Gasteiger partial charge < -0.3 is 19.4 Å². The number of carbonyl (C=O) groups excluding carboxylic acids is 4. The zero-order chi connectivity index (χ0) is 21.8. The van der Waals surface area contributed by atoms with E-state index >= 15 is 0 Å². The second-order valence-corrected chi connectivity index (χ2v) is 7.10. The summed E-state index contributed by atoms with van der Waals surface area (Å²) in [6, 6.07) is 6.67. The fourth-order valence-corrected chi connectivity index (χ4v) is 3.42. The molecule has 0 radical (unpaired) electrons. The number of Topliss-reactive ketones (excluding diaryl/α,β-unsaturated/α-hetero) is 1. The van der Waals surface area contributed by atoms with Crippen molar-refractivity contribution in [2.45, 2.75) is 40.2 Å². The molecule has 158 valence electrons. The molecule has 2 heterocycles. The monoisotopic (exact) mass is 412 g/mol. The number of rotatable bonds is 7. The molecule has 2 aromatic rings. The molecular formula is C22H24N2O6. The maximum Gasteiger partial charge on any atom is 0.339 e. The van der Waals surface area contributed by atoms with E-state index in [1.165, 1.54) is 0 Å². The van der Waals surface area contributed by atoms with Crippen molar-refractivity contribution in [2.24, 2.45) is 0 Å². The second kappa shape index (κ2) is 8.94. The van der Waals surface area contributed by atoms with E-state index in [1.807, 2.05) is 0 Å². The Bertz CT molecular complexity index is 1020. The quantitative estimate of drug-likeness (QED) is 0.554. The summed E-state index contributed by atoms with van der Waals surface area (Å²) in [6.07, 6.45) is 0.944. The normalized spacial score (nSPS) is 12.7. The van der Waals surface area contributed by atoms with E-state index in [-0.39, 0.29) is 31.4 Å². The van der Waals surface area contributed by atoms with Crippen molar-refractivity contribution < 1.29 is 28.7 Å². The molecule has 1 N–H and O–H groups in total. The van der Waals surface area contributed by atoms with Crippen LogP contribution in [0.2, 0.25) is 0 Å². The van der Waals surface area contributed by atoms with Crippen LogP contribution in [0, 0.1) is 13.8 Å². The maximum absolute atomic E-state index is 12.4. The number of amides is 1. The first-order valence-electron chi connectivity index (χ1n) is 9.75. The first kappa shape index (κ1) is 21.3. The molecule has 0 atom stereocenters. The average molecular weight is 412 g/mol. The fraction of sp³-hybridized carbons (Fsp3) is 0.364. The number of esters is 2. The number of aryl methyl sites for hydroxylation is 2. The van der Waals surface area contributed by atoms with Crippen molar-refractivity contribution in [3.63, 3.8) is 0 Å². The van der Waals surface area contributed by atoms with Crippen molar-refractivity contribution >= 4 is 29.3 Å². The number of aromatic nitrogens is 1. The Morgan fingerprint density at radius 3 is 2.60 bits per heavy atom. The fourth-order valence-electron chi connectivity index (χ4n) is 3.42. The number of hydrogen-bond donors (Lipinski definition) is 1. The van der Waals surface area contributed by atoms with Gasteiger partial charge in [0.1, 0.15) is 6.54 Å². The number of fused-ring (bicyclic) bond motifs is 1. The smallest absolute Gasteiger partial charge is 0.339 e. The van der Waals surface area contributed by atoms with Gasteiger partial charge in [-0.25, -0.2) is 4.79 Å². The predicted molar refractivity (Wildman–Crippen MR) is 109 cm³/mol. The third kappa shape index (κ3) is 4.59. The van der Waals surface area contributed by atoms with Gasteiger partial charge in [0, 0.05) is 29.1 Å². The molecular weight excluding hydrogens is 388 g/mol. The molecule has 1 aromatic carbocycles. The zero-order valence-corrected chi connectivity index (χ0v) is 17.2. The Kier molecular flexibility index (Phi) is 6.34. The molecule has 0 bridgehead atoms. The number of ether oxygens (including phenoxy) is 2. The number of benzene rings is 1. The second-order valence-electron chi connectivity index (χ2n) is 7.10. The first-order chi connectivity index (χ1) is 14.3. The van der Waals surface area contributed by atoms with Crippen LogP contribution in [0.3, 0.4) is 0 Å². The highest BCUT2D eigenvalue weighted by Crippen LogP contribution is 2.24. The van der Waals surface area contributed by atoms with Gasteiger partial charge in [-0.15, -0.1) is 0 Å². The van der Waals surface area contributed by atoms with Gasteiger partial charge in [0.15, 0.2) is 12.4 Å². The summed E-state index contributed by atoms with van der Waals surface area (Å²) in [6.45, 7) is 5.00. The van der Waals surface area contributed by atoms with Crippen molar-refractivity contribution in [3.05, 3.63) is 52.3 Å². The van der Waals surface area contributed by atoms with Crippen LogP contribution in [0.1, 0.15) is 51.0 Å². The van der Waals surface area contributed by atoms with Crippen molar-refractivity contribution in [1.29, 1.82) is 0 Å². The summed E-state index contributed by atoms with van der Waals surface area (Å²) in [5, 5.41) is 2.76. The summed E-state index contributed by atoms with van der Waals surface area (Å²) in [7, 11) is 0. The van der Waals surface area contributed by atoms with Gasteiger partial charge in [-0.3, -0.25) is 14.4 Å². The maximum atomic E-state index is 12.4. The third-order valence-electron chi connectivity index (χ3n) is 5.04. The Hall–Kier alpha value is -3.42. The SMILES string of the molecule is CCOC(=O)c1cc(C)n(CC(=O)OCC(=O)c2ccc3c(c2)CCC(=O)N3)c1C. The Labute approximate surface area is 174 Å². The Balaban J connectivity index is 1.61. The molecule has 0 spiro atoms. The minimum absolute atomic E-state index is 0.0442. The zero-order valence-electron chi connectivity index (χ0n) is 17.2. The van der Waals surface area contributed by atoms with E-state index in [4.69, 9.17) is 9.47 Å². The standard InChI is InChI=1S/C22H24N2O6/c1-4-29-22(28)17-9-13(2)24(14(17)3)11-21(27)30-12-19(25)16-5-7-18-15(10-16)6-8-20(26)23-18/h5,7,9-10H,4,6,8,11-12H2,1-3H3,(H,23,26). The number of ketones is 1. The molecule has 0 unspecified atom stereocenters. The molecule has 30 heavy (non-hydrogen) atoms. The van der Waals surface area contributed by atoms with E-state index in [0.29, 0.717) is 35.3 Å². The van der Waals surface area contributed by atoms with Gasteiger partial charge in [0.2, 0.25) is 5.91 Å². The largest absolute Gasteiger partial charge is 0.462 e. The van der Waals surface area contributed by atoms with E-state index in [2.05, 4.69) is 5.32 Å². The molecule has 1 aliphatic rings. The van der Waals surface area contributed by atoms with Gasteiger partial charge in [0.05, 0.1) is 12.2 Å². The number of nitrogens with one attached hydrogen (secondary N) is 1. The highest BCUT2D eigenvalue weighted by Gasteiger charge is 2.20. The summed E-state index contributed by atoms with van der Waals surface area (Å²) in [4.78, 5) is 48.1. The van der Waals surface area contributed by atoms with Gasteiger partial charge in [0.25, 0.3) is 0 Å². The molecule has 0 saturated heterocycles. The molecule has 1 amide bonds. The van der Waals surface area contributed by atoms with Crippen LogP contribution in [-0.2, 0) is 32.0 Å². The van der Waals surface area contributed by atoms with Crippen LogP contribution in [0.25, 0.3) is 0 Å². The lowest BCUT2D eigenvalue weighted by Gasteiger charge is -2.17. The minimum Gasteiger partial charge on any atom is -0.462 e. The predicted octanol–water partition coefficient (Wildman–Crippen LogP) is 2.59. The molecule has 8 heteroatoms. The van der Waals surface area contributed by atoms with Gasteiger partial charge in [-0.05, 0) is 57.0 Å². The number of anilines is 1. The lowest BCUT2D eigenvalue weighted by Crippen LogP contribution is -2.21. The molecule has 0 saturated carbocycles. The number of nitrogens with zero attached hydrogens (tertiary/aromatic N) is 1. The van der Waals surface area contributed by atoms with E-state index in [1.54, 1.807) is 49.6 Å². The van der Waals surface area contributed by atoms with Crippen LogP contribution in [0.5, 0.6) is 0 Å². The molecule has 8 nitrogen and oxygen atoms in total. The Morgan fingerprint density at radius 2 is 1.87 bits per heavy atom. The van der Waals surface area contributed by atoms with E-state index in [9.17, 15) is 19.2 Å². The summed E-state index contributed by atoms with van der Waals surface area (Å²) >= 11 is 0. The van der Waals surface area contributed by atoms with Crippen molar-refractivity contribution in [1.82, 2.24) is 4.57 Å². The van der Waals surface area contributed by atoms with Crippen molar-refractivity contribution in [3.8, 4) is 0 Å². The molecule has 1 aliphatic heterocycles. The van der Waals surface area contributed by atoms with Crippen LogP contribution in [-0.4, -0.2) is 41.4 Å². The number of carbonyl (C=O) groups is 4. The molecule has 3 rings (SSSR count). The number of hydrogen-bond acceptors (Lipinski definition) is 6. The van der Waals surface area contributed by atoms with Crippen LogP contribution in [0.4, 0.5) is 5.69 Å². The summed E-state index contributed by atoms with van der Waals surface area (Å²) in [5.41, 5.74) is 3.74. The van der Waals surface area contributed by atoms with Crippen molar-refractivity contribution in [2.75, 3.05) is 18.5 Å². The van der Waals surface area contributed by atoms with Gasteiger partial charge in [-0.1, -0.05) is 0 Å². The summed E-state index contributed by atoms with van der Waals surface area (Å²) in [5.74, 6) is -1.39. The Morgan fingerprint density at radius 1 is 1.10 bits per heavy atom. The summed E-state index contributed by atoms with van der Waals surface area (Å²) < 4.78 is 11.8. The van der Waals surface area contributed by atoms with Crippen LogP contribution in [0.15, 0.2) is 24.3 Å². The molecule has 0 aliphatic carbocycles. The third-order valence-corrected chi connectivity index (χ3v) is 5.04. The average Bonchev–Trinajstić information content (AvgIpc) is 3.00. The highest BCUT2D eigenvalue weighted by atomic mass is 16.5. The topological polar surface area (TPSA) is 104 Å². The molecule has 0 fully saturated rings. The lowest BCUT2D eigenvalue weighted by molar-refractivity contribution is -0.143. The van der Waals surface area contributed by atoms with Gasteiger partial charge in [-0.2, -0.15) is 0 Å². The van der Waals surface area contributed by atoms with Crippen LogP contribution >= 0.6 is 0 Å².